The molecule has 3 heteroatoms. The molecule has 0 aliphatic rings. The second-order valence-electron chi connectivity index (χ2n) is 1.23. The van der Waals surface area contributed by atoms with Gasteiger partial charge in [0.05, 0.1) is 9.85 Å². The number of methoxy groups -OCH3 is 1. The molecule has 8 heavy (non-hydrogen) atoms. The minimum Gasteiger partial charge on any atom is -0.469 e. The van der Waals surface area contributed by atoms with Gasteiger partial charge < -0.3 is 9.84 Å². The molecule has 0 aliphatic carbocycles. The first-order valence-corrected chi connectivity index (χ1v) is 2.25. The first-order chi connectivity index (χ1) is 4.45. The molecule has 0 heterocycles. The molecule has 0 atom stereocenters. The molecule has 3 nitrogen and oxygen atoms in total. The molecular weight excluding hydrogens is 108 g/mol. The number of esters is 1. The lowest BCUT2D eigenvalue weighted by atomic mass is 10.3. The highest BCUT2D eigenvalue weighted by Crippen LogP contribution is 1.87. The zero-order valence-corrected chi connectivity index (χ0v) is 4.68. The quantitative estimate of drug-likeness (QED) is 0.530. The molecule has 0 aromatic rings. The zero-order chi connectivity index (χ0) is 8.20. The zero-order valence-electron chi connectivity index (χ0n) is 6.68. The number of carbonyl (C=O) groups excluding carboxylic acids is 1. The largest absolute Gasteiger partial charge is 0.469 e. The lowest BCUT2D eigenvalue weighted by molar-refractivity contribution is -0.140. The monoisotopic (exact) mass is 120 g/mol. The molecule has 1 N–H and O–H groups in total. The van der Waals surface area contributed by atoms with Crippen LogP contribution in [0, 0.1) is 0 Å². The highest BCUT2D eigenvalue weighted by Gasteiger charge is 1.95. The molecule has 0 aliphatic heterocycles. The first-order valence-electron chi connectivity index (χ1n) is 3.25. The number of ether oxygens (including phenoxy) is 1. The van der Waals surface area contributed by atoms with Crippen LogP contribution in [0.1, 0.15) is 15.6 Å². The number of hydrogen-bond acceptors (Lipinski definition) is 3. The minimum atomic E-state index is -2.27. The Hall–Kier alpha value is -0.570. The fourth-order valence-corrected chi connectivity index (χ4v) is 0.260. The molecule has 0 saturated carbocycles. The van der Waals surface area contributed by atoms with E-state index in [4.69, 9.17) is 7.85 Å². The lowest BCUT2D eigenvalue weighted by Crippen LogP contribution is -2.00. The van der Waals surface area contributed by atoms with Gasteiger partial charge >= 0.3 is 5.97 Å². The smallest absolute Gasteiger partial charge is 0.305 e. The van der Waals surface area contributed by atoms with E-state index in [1.807, 2.05) is 0 Å². The second-order valence-corrected chi connectivity index (χ2v) is 1.23. The average molecular weight is 120 g/mol. The van der Waals surface area contributed by atoms with Crippen LogP contribution in [0.15, 0.2) is 0 Å². The van der Waals surface area contributed by atoms with Gasteiger partial charge in [0, 0.05) is 13.0 Å². The van der Waals surface area contributed by atoms with E-state index in [9.17, 15) is 4.79 Å². The molecule has 0 unspecified atom stereocenters. The average Bonchev–Trinajstić information content (AvgIpc) is 1.81. The summed E-state index contributed by atoms with van der Waals surface area (Å²) in [6, 6.07) is 0. The molecule has 0 rings (SSSR count). The van der Waals surface area contributed by atoms with Crippen LogP contribution in [0.5, 0.6) is 0 Å². The summed E-state index contributed by atoms with van der Waals surface area (Å²) in [6.07, 6.45) is -0.320. The van der Waals surface area contributed by atoms with Crippen LogP contribution in [0.3, 0.4) is 0 Å². The maximum Gasteiger partial charge on any atom is 0.305 e. The number of aliphatic hydroxyl groups is 1. The Balaban J connectivity index is 3.46. The van der Waals surface area contributed by atoms with E-state index in [-0.39, 0.29) is 12.8 Å². The van der Waals surface area contributed by atoms with Crippen molar-refractivity contribution in [2.75, 3.05) is 13.7 Å². The standard InChI is InChI=1S/C5H10O3/c1-8-5(7)3-2-4-6/h6H,2-4H2,1H3/i4D2. The van der Waals surface area contributed by atoms with Crippen molar-refractivity contribution >= 4 is 5.97 Å². The van der Waals surface area contributed by atoms with Gasteiger partial charge in [0.1, 0.15) is 0 Å². The SMILES string of the molecule is [2H]C([2H])(O)CCC(=O)OC. The van der Waals surface area contributed by atoms with Gasteiger partial charge in [-0.25, -0.2) is 0 Å². The lowest BCUT2D eigenvalue weighted by Gasteiger charge is -1.93. The third kappa shape index (κ3) is 3.61. The number of hydrogen-bond donors (Lipinski definition) is 1. The van der Waals surface area contributed by atoms with Gasteiger partial charge in [0.2, 0.25) is 0 Å². The Kier molecular flexibility index (Phi) is 2.48. The molecule has 0 fully saturated rings. The van der Waals surface area contributed by atoms with Crippen LogP contribution < -0.4 is 0 Å². The van der Waals surface area contributed by atoms with E-state index in [0.29, 0.717) is 0 Å². The van der Waals surface area contributed by atoms with E-state index in [0.717, 1.165) is 0 Å². The van der Waals surface area contributed by atoms with Crippen molar-refractivity contribution in [3.05, 3.63) is 0 Å². The minimum absolute atomic E-state index is 0.0972. The van der Waals surface area contributed by atoms with E-state index < -0.39 is 12.5 Å². The highest BCUT2D eigenvalue weighted by atomic mass is 16.5. The Labute approximate surface area is 51.1 Å². The molecular formula is C5H10O3. The van der Waals surface area contributed by atoms with Crippen LogP contribution in [-0.2, 0) is 9.53 Å². The Bertz CT molecular complexity index is 119. The van der Waals surface area contributed by atoms with Crippen molar-refractivity contribution < 1.29 is 17.4 Å². The Morgan fingerprint density at radius 2 is 2.62 bits per heavy atom. The van der Waals surface area contributed by atoms with E-state index in [2.05, 4.69) is 4.74 Å². The summed E-state index contributed by atoms with van der Waals surface area (Å²) >= 11 is 0. The van der Waals surface area contributed by atoms with Crippen molar-refractivity contribution in [2.45, 2.75) is 12.8 Å². The Morgan fingerprint density at radius 1 is 2.00 bits per heavy atom. The molecule has 0 saturated heterocycles. The van der Waals surface area contributed by atoms with Gasteiger partial charge in [-0.05, 0) is 6.42 Å². The summed E-state index contributed by atoms with van der Waals surface area (Å²) < 4.78 is 17.5. The predicted octanol–water partition coefficient (Wildman–Crippen LogP) is -0.0681. The predicted molar refractivity (Wildman–Crippen MR) is 28.3 cm³/mol. The number of rotatable bonds is 3. The van der Waals surface area contributed by atoms with Crippen LogP contribution in [0.4, 0.5) is 0 Å². The van der Waals surface area contributed by atoms with Gasteiger partial charge in [-0.3, -0.25) is 4.79 Å². The van der Waals surface area contributed by atoms with Gasteiger partial charge in [-0.1, -0.05) is 0 Å². The topological polar surface area (TPSA) is 46.5 Å². The van der Waals surface area contributed by atoms with Crippen molar-refractivity contribution in [1.82, 2.24) is 0 Å². The van der Waals surface area contributed by atoms with Gasteiger partial charge in [0.25, 0.3) is 0 Å². The van der Waals surface area contributed by atoms with E-state index in [1.165, 1.54) is 7.11 Å². The van der Waals surface area contributed by atoms with Crippen molar-refractivity contribution in [3.8, 4) is 0 Å². The van der Waals surface area contributed by atoms with Crippen LogP contribution >= 0.6 is 0 Å². The summed E-state index contributed by atoms with van der Waals surface area (Å²) in [4.78, 5) is 10.4. The van der Waals surface area contributed by atoms with E-state index >= 15 is 0 Å². The normalized spacial score (nSPS) is 14.2. The summed E-state index contributed by atoms with van der Waals surface area (Å²) in [7, 11) is 1.22. The van der Waals surface area contributed by atoms with Crippen molar-refractivity contribution in [3.63, 3.8) is 0 Å². The van der Waals surface area contributed by atoms with Crippen molar-refractivity contribution in [2.24, 2.45) is 0 Å². The van der Waals surface area contributed by atoms with Crippen LogP contribution in [-0.4, -0.2) is 24.7 Å². The summed E-state index contributed by atoms with van der Waals surface area (Å²) in [6.45, 7) is -2.27. The molecule has 0 bridgehead atoms. The number of carbonyl (C=O) groups is 1. The third-order valence-corrected chi connectivity index (χ3v) is 0.669. The maximum atomic E-state index is 10.4. The van der Waals surface area contributed by atoms with Crippen LogP contribution in [0.25, 0.3) is 0 Å². The molecule has 0 aromatic heterocycles. The molecule has 0 radical (unpaired) electrons. The molecule has 0 spiro atoms. The maximum absolute atomic E-state index is 10.4. The fraction of sp³-hybridized carbons (Fsp3) is 0.800. The second kappa shape index (κ2) is 4.59. The highest BCUT2D eigenvalue weighted by molar-refractivity contribution is 5.68. The van der Waals surface area contributed by atoms with Gasteiger partial charge in [0.15, 0.2) is 0 Å². The fourth-order valence-electron chi connectivity index (χ4n) is 0.260. The van der Waals surface area contributed by atoms with Gasteiger partial charge in [-0.2, -0.15) is 0 Å². The first kappa shape index (κ1) is 4.32. The third-order valence-electron chi connectivity index (χ3n) is 0.669. The Morgan fingerprint density at radius 3 is 3.00 bits per heavy atom. The summed E-state index contributed by atoms with van der Waals surface area (Å²) in [5, 5.41) is 8.49. The summed E-state index contributed by atoms with van der Waals surface area (Å²) in [5.41, 5.74) is 0. The molecule has 0 amide bonds. The summed E-state index contributed by atoms with van der Waals surface area (Å²) in [5.74, 6) is -0.516. The molecule has 0 aromatic carbocycles. The van der Waals surface area contributed by atoms with Crippen molar-refractivity contribution in [1.29, 1.82) is 0 Å². The van der Waals surface area contributed by atoms with Crippen LogP contribution in [0.2, 0.25) is 0 Å². The molecule has 48 valence electrons. The van der Waals surface area contributed by atoms with Gasteiger partial charge in [-0.15, -0.1) is 0 Å². The van der Waals surface area contributed by atoms with E-state index in [1.54, 1.807) is 0 Å².